The third kappa shape index (κ3) is 7.60. The fourth-order valence-corrected chi connectivity index (χ4v) is 3.84. The predicted molar refractivity (Wildman–Crippen MR) is 134 cm³/mol. The zero-order chi connectivity index (χ0) is 26.0. The summed E-state index contributed by atoms with van der Waals surface area (Å²) in [5.74, 6) is 0.166. The average molecular weight is 499 g/mol. The second kappa shape index (κ2) is 12.8. The Morgan fingerprint density at radius 1 is 0.917 bits per heavy atom. The van der Waals surface area contributed by atoms with E-state index >= 15 is 0 Å². The van der Waals surface area contributed by atoms with Gasteiger partial charge in [0.05, 0.1) is 11.3 Å². The quantitative estimate of drug-likeness (QED) is 0.232. The number of amides is 2. The molecule has 0 aromatic heterocycles. The minimum absolute atomic E-state index is 0.166. The number of alkyl halides is 3. The Bertz CT molecular complexity index is 1130. The molecule has 0 aliphatic rings. The van der Waals surface area contributed by atoms with Crippen LogP contribution in [0.25, 0.3) is 11.1 Å². The predicted octanol–water partition coefficient (Wildman–Crippen LogP) is 6.86. The Kier molecular flexibility index (Phi) is 9.50. The molecule has 0 aliphatic carbocycles. The first-order valence-corrected chi connectivity index (χ1v) is 11.8. The molecule has 8 heteroatoms. The van der Waals surface area contributed by atoms with Crippen LogP contribution < -0.4 is 15.0 Å². The molecular formula is C28H29F3N2O3. The zero-order valence-electron chi connectivity index (χ0n) is 20.1. The fraction of sp³-hybridized carbons (Fsp3) is 0.286. The van der Waals surface area contributed by atoms with Crippen LogP contribution in [0.5, 0.6) is 5.75 Å². The molecule has 0 aliphatic heterocycles. The lowest BCUT2D eigenvalue weighted by molar-refractivity contribution is -0.137. The van der Waals surface area contributed by atoms with Gasteiger partial charge in [-0.2, -0.15) is 13.2 Å². The van der Waals surface area contributed by atoms with Crippen LogP contribution in [0.3, 0.4) is 0 Å². The number of hydrogen-bond acceptors (Lipinski definition) is 3. The number of ether oxygens (including phenoxy) is 1. The summed E-state index contributed by atoms with van der Waals surface area (Å²) >= 11 is 0. The summed E-state index contributed by atoms with van der Waals surface area (Å²) in [7, 11) is 1.54. The topological polar surface area (TPSA) is 58.6 Å². The van der Waals surface area contributed by atoms with E-state index in [9.17, 15) is 22.8 Å². The van der Waals surface area contributed by atoms with E-state index in [4.69, 9.17) is 4.74 Å². The highest BCUT2D eigenvalue weighted by Crippen LogP contribution is 2.35. The lowest BCUT2D eigenvalue weighted by atomic mass is 10.0. The molecule has 0 spiro atoms. The minimum Gasteiger partial charge on any atom is -0.427 e. The number of carbonyl (C=O) groups excluding carboxylic acids is 2. The van der Waals surface area contributed by atoms with Crippen molar-refractivity contribution in [2.45, 2.75) is 38.3 Å². The maximum absolute atomic E-state index is 12.9. The van der Waals surface area contributed by atoms with Crippen LogP contribution in [-0.2, 0) is 17.4 Å². The van der Waals surface area contributed by atoms with Gasteiger partial charge in [-0.05, 0) is 60.2 Å². The van der Waals surface area contributed by atoms with Crippen LogP contribution in [0.15, 0.2) is 72.8 Å². The maximum atomic E-state index is 12.9. The summed E-state index contributed by atoms with van der Waals surface area (Å²) in [5.41, 5.74) is 2.00. The Morgan fingerprint density at radius 2 is 1.58 bits per heavy atom. The molecule has 0 unspecified atom stereocenters. The standard InChI is InChI=1S/C28H29F3N2O3/c1-33(27(35)32-18-8-3-2-5-9-21-10-6-4-7-11-21)25-19-23(14-17-26(25)36-20-34)22-12-15-24(16-13-22)28(29,30)31/h4,6-7,10-17,19-20H,2-3,5,8-9,18H2,1H3,(H,32,35). The minimum atomic E-state index is -4.43. The van der Waals surface area contributed by atoms with Crippen molar-refractivity contribution in [2.75, 3.05) is 18.5 Å². The number of carbonyl (C=O) groups is 2. The van der Waals surface area contributed by atoms with Gasteiger partial charge >= 0.3 is 12.2 Å². The molecule has 0 bridgehead atoms. The van der Waals surface area contributed by atoms with Gasteiger partial charge in [0.2, 0.25) is 0 Å². The zero-order valence-corrected chi connectivity index (χ0v) is 20.1. The van der Waals surface area contributed by atoms with Gasteiger partial charge in [-0.15, -0.1) is 0 Å². The third-order valence-corrected chi connectivity index (χ3v) is 5.86. The summed E-state index contributed by atoms with van der Waals surface area (Å²) in [6.07, 6.45) is 0.571. The van der Waals surface area contributed by atoms with E-state index in [1.54, 1.807) is 19.2 Å². The highest BCUT2D eigenvalue weighted by atomic mass is 19.4. The van der Waals surface area contributed by atoms with Crippen molar-refractivity contribution in [3.63, 3.8) is 0 Å². The average Bonchev–Trinajstić information content (AvgIpc) is 2.88. The fourth-order valence-electron chi connectivity index (χ4n) is 3.84. The SMILES string of the molecule is CN(C(=O)NCCCCCCc1ccccc1)c1cc(-c2ccc(C(F)(F)F)cc2)ccc1OC=O. The first-order valence-electron chi connectivity index (χ1n) is 11.8. The lowest BCUT2D eigenvalue weighted by Gasteiger charge is -2.21. The largest absolute Gasteiger partial charge is 0.427 e. The Labute approximate surface area is 208 Å². The molecule has 0 heterocycles. The number of aryl methyl sites for hydroxylation is 1. The monoisotopic (exact) mass is 498 g/mol. The number of halogens is 3. The van der Waals surface area contributed by atoms with Crippen molar-refractivity contribution in [3.05, 3.63) is 83.9 Å². The van der Waals surface area contributed by atoms with Crippen molar-refractivity contribution < 1.29 is 27.5 Å². The molecule has 0 atom stereocenters. The molecule has 36 heavy (non-hydrogen) atoms. The van der Waals surface area contributed by atoms with E-state index in [-0.39, 0.29) is 18.3 Å². The molecule has 3 aromatic rings. The number of nitrogens with zero attached hydrogens (tertiary/aromatic N) is 1. The smallest absolute Gasteiger partial charge is 0.416 e. The van der Waals surface area contributed by atoms with Crippen LogP contribution in [0.1, 0.15) is 36.8 Å². The summed E-state index contributed by atoms with van der Waals surface area (Å²) < 4.78 is 43.6. The van der Waals surface area contributed by atoms with Gasteiger partial charge in [0.1, 0.15) is 0 Å². The molecular weight excluding hydrogens is 469 g/mol. The van der Waals surface area contributed by atoms with Crippen LogP contribution in [0.2, 0.25) is 0 Å². The molecule has 190 valence electrons. The summed E-state index contributed by atoms with van der Waals surface area (Å²) in [6, 6.07) is 19.4. The summed E-state index contributed by atoms with van der Waals surface area (Å²) in [5, 5.41) is 2.86. The summed E-state index contributed by atoms with van der Waals surface area (Å²) in [4.78, 5) is 25.0. The number of urea groups is 1. The van der Waals surface area contributed by atoms with Crippen molar-refractivity contribution in [1.82, 2.24) is 5.32 Å². The number of anilines is 1. The first kappa shape index (κ1) is 26.8. The van der Waals surface area contributed by atoms with Gasteiger partial charge in [0.15, 0.2) is 5.75 Å². The van der Waals surface area contributed by atoms with Crippen LogP contribution in [0.4, 0.5) is 23.7 Å². The van der Waals surface area contributed by atoms with E-state index in [0.717, 1.165) is 44.2 Å². The highest BCUT2D eigenvalue weighted by Gasteiger charge is 2.30. The van der Waals surface area contributed by atoms with Crippen molar-refractivity contribution >= 4 is 18.2 Å². The van der Waals surface area contributed by atoms with E-state index in [2.05, 4.69) is 17.4 Å². The van der Waals surface area contributed by atoms with Crippen LogP contribution >= 0.6 is 0 Å². The molecule has 2 amide bonds. The number of nitrogens with one attached hydrogen (secondary N) is 1. The normalized spacial score (nSPS) is 11.1. The third-order valence-electron chi connectivity index (χ3n) is 5.86. The van der Waals surface area contributed by atoms with Gasteiger partial charge in [-0.3, -0.25) is 9.69 Å². The van der Waals surface area contributed by atoms with E-state index in [1.807, 2.05) is 18.2 Å². The Morgan fingerprint density at radius 3 is 2.25 bits per heavy atom. The molecule has 0 saturated heterocycles. The van der Waals surface area contributed by atoms with Gasteiger partial charge in [-0.25, -0.2) is 4.79 Å². The Hall–Kier alpha value is -3.81. The molecule has 0 fully saturated rings. The number of hydrogen-bond donors (Lipinski definition) is 1. The second-order valence-electron chi connectivity index (χ2n) is 8.41. The molecule has 1 N–H and O–H groups in total. The highest BCUT2D eigenvalue weighted by molar-refractivity contribution is 5.94. The number of benzene rings is 3. The maximum Gasteiger partial charge on any atom is 0.416 e. The van der Waals surface area contributed by atoms with E-state index in [1.165, 1.54) is 28.7 Å². The van der Waals surface area contributed by atoms with Gasteiger partial charge < -0.3 is 10.1 Å². The molecule has 5 nitrogen and oxygen atoms in total. The molecule has 3 aromatic carbocycles. The number of rotatable bonds is 11. The van der Waals surface area contributed by atoms with E-state index in [0.29, 0.717) is 23.4 Å². The number of unbranched alkanes of at least 4 members (excludes halogenated alkanes) is 3. The second-order valence-corrected chi connectivity index (χ2v) is 8.41. The van der Waals surface area contributed by atoms with E-state index < -0.39 is 11.7 Å². The van der Waals surface area contributed by atoms with Crippen molar-refractivity contribution in [3.8, 4) is 16.9 Å². The van der Waals surface area contributed by atoms with Gasteiger partial charge in [0, 0.05) is 13.6 Å². The lowest BCUT2D eigenvalue weighted by Crippen LogP contribution is -2.38. The van der Waals surface area contributed by atoms with Gasteiger partial charge in [-0.1, -0.05) is 61.4 Å². The Balaban J connectivity index is 1.56. The molecule has 0 saturated carbocycles. The van der Waals surface area contributed by atoms with Crippen LogP contribution in [-0.4, -0.2) is 26.1 Å². The van der Waals surface area contributed by atoms with Gasteiger partial charge in [0.25, 0.3) is 6.47 Å². The summed E-state index contributed by atoms with van der Waals surface area (Å²) in [6.45, 7) is 0.759. The van der Waals surface area contributed by atoms with Crippen molar-refractivity contribution in [1.29, 1.82) is 0 Å². The molecule has 0 radical (unpaired) electrons. The molecule has 3 rings (SSSR count). The van der Waals surface area contributed by atoms with Crippen LogP contribution in [0, 0.1) is 0 Å². The van der Waals surface area contributed by atoms with Crippen molar-refractivity contribution in [2.24, 2.45) is 0 Å². The first-order chi connectivity index (χ1) is 17.3.